The minimum absolute atomic E-state index is 0.0159. The molecule has 2 nitrogen and oxygen atoms in total. The summed E-state index contributed by atoms with van der Waals surface area (Å²) in [6.07, 6.45) is 8.11. The number of hydrogen-bond acceptors (Lipinski definition) is 2. The number of rotatable bonds is 7. The van der Waals surface area contributed by atoms with Gasteiger partial charge in [-0.15, -0.1) is 0 Å². The van der Waals surface area contributed by atoms with E-state index in [4.69, 9.17) is 4.74 Å². The lowest BCUT2D eigenvalue weighted by Crippen LogP contribution is -2.35. The van der Waals surface area contributed by atoms with Gasteiger partial charge in [-0.3, -0.25) is 0 Å². The first-order chi connectivity index (χ1) is 7.54. The smallest absolute Gasteiger partial charge is 0.0634 e. The van der Waals surface area contributed by atoms with Crippen LogP contribution in [0.15, 0.2) is 0 Å². The monoisotopic (exact) mass is 227 g/mol. The van der Waals surface area contributed by atoms with Gasteiger partial charge in [0.2, 0.25) is 0 Å². The molecule has 1 N–H and O–H groups in total. The van der Waals surface area contributed by atoms with Crippen molar-refractivity contribution in [3.8, 4) is 0 Å². The van der Waals surface area contributed by atoms with E-state index in [-0.39, 0.29) is 5.60 Å². The Bertz CT molecular complexity index is 195. The van der Waals surface area contributed by atoms with Crippen LogP contribution in [0, 0.1) is 5.41 Å². The van der Waals surface area contributed by atoms with Gasteiger partial charge in [0.25, 0.3) is 0 Å². The van der Waals surface area contributed by atoms with Gasteiger partial charge in [-0.1, -0.05) is 19.8 Å². The predicted octanol–water partition coefficient (Wildman–Crippen LogP) is 3.36. The molecule has 1 saturated carbocycles. The van der Waals surface area contributed by atoms with E-state index < -0.39 is 0 Å². The van der Waals surface area contributed by atoms with Crippen LogP contribution in [0.1, 0.15) is 59.3 Å². The van der Waals surface area contributed by atoms with Crippen molar-refractivity contribution in [1.29, 1.82) is 0 Å². The summed E-state index contributed by atoms with van der Waals surface area (Å²) in [6.45, 7) is 8.91. The summed E-state index contributed by atoms with van der Waals surface area (Å²) in [4.78, 5) is 0. The molecule has 0 aromatic heterocycles. The summed E-state index contributed by atoms with van der Waals surface area (Å²) in [5.74, 6) is 0. The van der Waals surface area contributed by atoms with E-state index >= 15 is 0 Å². The van der Waals surface area contributed by atoms with E-state index in [1.165, 1.54) is 38.6 Å². The third kappa shape index (κ3) is 4.06. The highest BCUT2D eigenvalue weighted by atomic mass is 16.5. The second-order valence-corrected chi connectivity index (χ2v) is 5.95. The van der Waals surface area contributed by atoms with Crippen LogP contribution in [0.4, 0.5) is 0 Å². The topological polar surface area (TPSA) is 21.3 Å². The highest BCUT2D eigenvalue weighted by molar-refractivity contribution is 4.85. The maximum Gasteiger partial charge on any atom is 0.0634 e. The van der Waals surface area contributed by atoms with Gasteiger partial charge in [-0.2, -0.15) is 0 Å². The normalized spacial score (nSPS) is 20.2. The Morgan fingerprint density at radius 1 is 1.25 bits per heavy atom. The number of ether oxygens (including phenoxy) is 1. The van der Waals surface area contributed by atoms with Gasteiger partial charge in [0.15, 0.2) is 0 Å². The van der Waals surface area contributed by atoms with E-state index in [1.807, 2.05) is 0 Å². The Balaban J connectivity index is 2.19. The molecule has 0 heterocycles. The van der Waals surface area contributed by atoms with E-state index in [2.05, 4.69) is 26.1 Å². The molecule has 0 aliphatic heterocycles. The fraction of sp³-hybridized carbons (Fsp3) is 1.00. The van der Waals surface area contributed by atoms with Crippen LogP contribution in [0.5, 0.6) is 0 Å². The fourth-order valence-corrected chi connectivity index (χ4v) is 2.63. The van der Waals surface area contributed by atoms with Crippen LogP contribution in [0.2, 0.25) is 0 Å². The molecular formula is C14H29NO. The first-order valence-corrected chi connectivity index (χ1v) is 6.79. The Morgan fingerprint density at radius 2 is 1.88 bits per heavy atom. The molecule has 0 bridgehead atoms. The molecule has 0 aromatic rings. The van der Waals surface area contributed by atoms with Gasteiger partial charge < -0.3 is 10.1 Å². The van der Waals surface area contributed by atoms with Crippen molar-refractivity contribution < 1.29 is 4.74 Å². The molecule has 16 heavy (non-hydrogen) atoms. The van der Waals surface area contributed by atoms with Crippen LogP contribution < -0.4 is 5.32 Å². The first kappa shape index (κ1) is 14.0. The molecule has 0 aromatic carbocycles. The van der Waals surface area contributed by atoms with Crippen molar-refractivity contribution in [2.75, 3.05) is 20.2 Å². The van der Waals surface area contributed by atoms with Gasteiger partial charge in [-0.25, -0.2) is 0 Å². The average Bonchev–Trinajstić information content (AvgIpc) is 2.74. The zero-order valence-corrected chi connectivity index (χ0v) is 11.6. The van der Waals surface area contributed by atoms with Crippen LogP contribution >= 0.6 is 0 Å². The summed E-state index contributed by atoms with van der Waals surface area (Å²) >= 11 is 0. The minimum atomic E-state index is 0.0159. The van der Waals surface area contributed by atoms with Crippen molar-refractivity contribution >= 4 is 0 Å². The highest BCUT2D eigenvalue weighted by Gasteiger charge is 2.31. The Labute approximate surface area is 101 Å². The molecule has 1 aliphatic rings. The molecule has 0 atom stereocenters. The minimum Gasteiger partial charge on any atom is -0.379 e. The third-order valence-electron chi connectivity index (χ3n) is 4.37. The van der Waals surface area contributed by atoms with Crippen molar-refractivity contribution in [3.05, 3.63) is 0 Å². The standard InChI is InChI=1S/C14H29NO/c1-5-14(8-6-7-9-14)12-15-11-10-13(2,3)16-4/h15H,5-12H2,1-4H3. The molecule has 0 amide bonds. The summed E-state index contributed by atoms with van der Waals surface area (Å²) in [5, 5.41) is 3.63. The van der Waals surface area contributed by atoms with Gasteiger partial charge in [0, 0.05) is 13.7 Å². The summed E-state index contributed by atoms with van der Waals surface area (Å²) in [5.41, 5.74) is 0.624. The van der Waals surface area contributed by atoms with E-state index in [0.717, 1.165) is 13.0 Å². The lowest BCUT2D eigenvalue weighted by molar-refractivity contribution is 0.0153. The van der Waals surface area contributed by atoms with Gasteiger partial charge in [0.1, 0.15) is 0 Å². The van der Waals surface area contributed by atoms with Gasteiger partial charge in [0.05, 0.1) is 5.60 Å². The Kier molecular flexibility index (Phi) is 5.26. The summed E-state index contributed by atoms with van der Waals surface area (Å²) < 4.78 is 5.42. The second-order valence-electron chi connectivity index (χ2n) is 5.95. The molecular weight excluding hydrogens is 198 g/mol. The molecule has 1 aliphatic carbocycles. The highest BCUT2D eigenvalue weighted by Crippen LogP contribution is 2.40. The molecule has 0 spiro atoms. The maximum absolute atomic E-state index is 5.42. The molecule has 0 radical (unpaired) electrons. The SMILES string of the molecule is CCC1(CNCCC(C)(C)OC)CCCC1. The average molecular weight is 227 g/mol. The summed E-state index contributed by atoms with van der Waals surface area (Å²) in [6, 6.07) is 0. The molecule has 96 valence electrons. The van der Waals surface area contributed by atoms with Crippen molar-refractivity contribution in [2.45, 2.75) is 64.9 Å². The maximum atomic E-state index is 5.42. The Hall–Kier alpha value is -0.0800. The molecule has 0 saturated heterocycles. The van der Waals surface area contributed by atoms with Crippen molar-refractivity contribution in [3.63, 3.8) is 0 Å². The van der Waals surface area contributed by atoms with Crippen LogP contribution in [-0.2, 0) is 4.74 Å². The van der Waals surface area contributed by atoms with Gasteiger partial charge >= 0.3 is 0 Å². The molecule has 2 heteroatoms. The fourth-order valence-electron chi connectivity index (χ4n) is 2.63. The molecule has 0 unspecified atom stereocenters. The van der Waals surface area contributed by atoms with Crippen LogP contribution in [0.3, 0.4) is 0 Å². The second kappa shape index (κ2) is 6.02. The zero-order chi connectivity index (χ0) is 12.1. The van der Waals surface area contributed by atoms with Crippen LogP contribution in [-0.4, -0.2) is 25.8 Å². The van der Waals surface area contributed by atoms with Crippen molar-refractivity contribution in [1.82, 2.24) is 5.32 Å². The Morgan fingerprint density at radius 3 is 2.38 bits per heavy atom. The van der Waals surface area contributed by atoms with Gasteiger partial charge in [-0.05, 0) is 51.5 Å². The van der Waals surface area contributed by atoms with E-state index in [0.29, 0.717) is 5.41 Å². The first-order valence-electron chi connectivity index (χ1n) is 6.79. The van der Waals surface area contributed by atoms with E-state index in [1.54, 1.807) is 7.11 Å². The molecule has 1 fully saturated rings. The van der Waals surface area contributed by atoms with Crippen molar-refractivity contribution in [2.24, 2.45) is 5.41 Å². The quantitative estimate of drug-likeness (QED) is 0.673. The lowest BCUT2D eigenvalue weighted by Gasteiger charge is -2.29. The third-order valence-corrected chi connectivity index (χ3v) is 4.37. The molecule has 1 rings (SSSR count). The van der Waals surface area contributed by atoms with E-state index in [9.17, 15) is 0 Å². The largest absolute Gasteiger partial charge is 0.379 e. The van der Waals surface area contributed by atoms with Crippen LogP contribution in [0.25, 0.3) is 0 Å². The predicted molar refractivity (Wildman–Crippen MR) is 69.8 cm³/mol. The number of methoxy groups -OCH3 is 1. The summed E-state index contributed by atoms with van der Waals surface area (Å²) in [7, 11) is 1.80. The number of nitrogens with one attached hydrogen (secondary N) is 1. The zero-order valence-electron chi connectivity index (χ0n) is 11.6. The lowest BCUT2D eigenvalue weighted by atomic mass is 9.83. The number of hydrogen-bond donors (Lipinski definition) is 1.